The Labute approximate surface area is 178 Å². The number of hydrogen-bond acceptors (Lipinski definition) is 2. The number of rotatable bonds is 10. The van der Waals surface area contributed by atoms with Crippen LogP contribution >= 0.6 is 0 Å². The first-order valence-electron chi connectivity index (χ1n) is 11.1. The molecule has 2 aromatic rings. The summed E-state index contributed by atoms with van der Waals surface area (Å²) in [6.07, 6.45) is 8.82. The summed E-state index contributed by atoms with van der Waals surface area (Å²) in [5.41, 5.74) is 2.10. The van der Waals surface area contributed by atoms with Crippen LogP contribution in [0.4, 0.5) is 4.79 Å². The van der Waals surface area contributed by atoms with E-state index in [1.54, 1.807) is 0 Å². The first kappa shape index (κ1) is 21.9. The number of carboxylic acid groups (broad SMARTS) is 1. The minimum absolute atomic E-state index is 0.180. The van der Waals surface area contributed by atoms with Crippen LogP contribution in [0.1, 0.15) is 68.5 Å². The van der Waals surface area contributed by atoms with Crippen LogP contribution in [0.15, 0.2) is 48.7 Å². The van der Waals surface area contributed by atoms with Crippen LogP contribution in [0.25, 0.3) is 0 Å². The molecule has 6 nitrogen and oxygen atoms in total. The zero-order chi connectivity index (χ0) is 21.2. The number of nitrogens with one attached hydrogen (secondary N) is 2. The molecule has 1 aliphatic carbocycles. The monoisotopic (exact) mass is 411 g/mol. The van der Waals surface area contributed by atoms with Gasteiger partial charge in [-0.05, 0) is 43.4 Å². The van der Waals surface area contributed by atoms with Crippen molar-refractivity contribution in [3.63, 3.8) is 0 Å². The second kappa shape index (κ2) is 11.4. The number of aromatic nitrogens is 1. The molecule has 0 bridgehead atoms. The molecule has 1 aliphatic rings. The Morgan fingerprint density at radius 1 is 1.07 bits per heavy atom. The molecule has 0 spiro atoms. The third kappa shape index (κ3) is 6.37. The highest BCUT2D eigenvalue weighted by Gasteiger charge is 2.31. The van der Waals surface area contributed by atoms with E-state index in [4.69, 9.17) is 5.11 Å². The molecule has 3 N–H and O–H groups in total. The maximum absolute atomic E-state index is 13.8. The normalized spacial score (nSPS) is 15.5. The van der Waals surface area contributed by atoms with Crippen molar-refractivity contribution in [2.24, 2.45) is 0 Å². The Morgan fingerprint density at radius 3 is 2.50 bits per heavy atom. The van der Waals surface area contributed by atoms with Gasteiger partial charge < -0.3 is 20.3 Å². The second-order valence-electron chi connectivity index (χ2n) is 8.15. The molecule has 1 heterocycles. The minimum Gasteiger partial charge on any atom is -0.465 e. The van der Waals surface area contributed by atoms with E-state index in [9.17, 15) is 9.59 Å². The summed E-state index contributed by atoms with van der Waals surface area (Å²) < 4.78 is 0. The quantitative estimate of drug-likeness (QED) is 0.486. The Bertz CT molecular complexity index is 770. The molecule has 1 fully saturated rings. The average Bonchev–Trinajstić information content (AvgIpc) is 3.30. The molecule has 3 rings (SSSR count). The van der Waals surface area contributed by atoms with Crippen molar-refractivity contribution < 1.29 is 14.7 Å². The average molecular weight is 412 g/mol. The SMILES string of the molecule is O=C(O)NCCCCC(C(=O)N(Cc1ccccc1)C1CCCCC1)c1ccc[nH]1. The van der Waals surface area contributed by atoms with Gasteiger partial charge in [0.25, 0.3) is 0 Å². The number of hydrogen-bond donors (Lipinski definition) is 3. The van der Waals surface area contributed by atoms with Crippen molar-refractivity contribution in [1.29, 1.82) is 0 Å². The smallest absolute Gasteiger partial charge is 0.404 e. The van der Waals surface area contributed by atoms with Crippen molar-refractivity contribution in [3.05, 3.63) is 59.9 Å². The van der Waals surface area contributed by atoms with Crippen molar-refractivity contribution in [2.75, 3.05) is 6.54 Å². The maximum Gasteiger partial charge on any atom is 0.404 e. The van der Waals surface area contributed by atoms with Gasteiger partial charge >= 0.3 is 6.09 Å². The number of carbonyl (C=O) groups is 2. The highest BCUT2D eigenvalue weighted by Crippen LogP contribution is 2.30. The van der Waals surface area contributed by atoms with E-state index in [2.05, 4.69) is 27.3 Å². The Kier molecular flexibility index (Phi) is 8.36. The van der Waals surface area contributed by atoms with Gasteiger partial charge in [-0.15, -0.1) is 0 Å². The topological polar surface area (TPSA) is 85.4 Å². The first-order valence-corrected chi connectivity index (χ1v) is 11.1. The molecule has 162 valence electrons. The standard InChI is InChI=1S/C24H33N3O3/c28-23(21(22-15-9-17-25-22)14-7-8-16-26-24(29)30)27(20-12-5-2-6-13-20)18-19-10-3-1-4-11-19/h1,3-4,9-11,15,17,20-21,25-26H,2,5-8,12-14,16,18H2,(H,29,30). The lowest BCUT2D eigenvalue weighted by atomic mass is 9.90. The molecule has 1 unspecified atom stereocenters. The largest absolute Gasteiger partial charge is 0.465 e. The molecular formula is C24H33N3O3. The number of carbonyl (C=O) groups excluding carboxylic acids is 1. The Balaban J connectivity index is 1.74. The van der Waals surface area contributed by atoms with Gasteiger partial charge in [0, 0.05) is 31.0 Å². The van der Waals surface area contributed by atoms with E-state index in [-0.39, 0.29) is 17.9 Å². The van der Waals surface area contributed by atoms with E-state index in [0.29, 0.717) is 19.5 Å². The van der Waals surface area contributed by atoms with Crippen LogP contribution in [0.3, 0.4) is 0 Å². The Morgan fingerprint density at radius 2 is 1.83 bits per heavy atom. The molecule has 2 amide bonds. The molecule has 1 aromatic carbocycles. The van der Waals surface area contributed by atoms with Crippen molar-refractivity contribution in [2.45, 2.75) is 69.9 Å². The second-order valence-corrected chi connectivity index (χ2v) is 8.15. The van der Waals surface area contributed by atoms with E-state index < -0.39 is 6.09 Å². The molecule has 1 saturated carbocycles. The van der Waals surface area contributed by atoms with Gasteiger partial charge in [0.1, 0.15) is 0 Å². The zero-order valence-corrected chi connectivity index (χ0v) is 17.6. The molecule has 1 atom stereocenters. The van der Waals surface area contributed by atoms with Crippen molar-refractivity contribution >= 4 is 12.0 Å². The minimum atomic E-state index is -1.00. The summed E-state index contributed by atoms with van der Waals surface area (Å²) in [4.78, 5) is 29.8. The summed E-state index contributed by atoms with van der Waals surface area (Å²) in [7, 11) is 0. The number of unbranched alkanes of at least 4 members (excludes halogenated alkanes) is 1. The number of aromatic amines is 1. The summed E-state index contributed by atoms with van der Waals surface area (Å²) in [5.74, 6) is -0.0464. The number of amides is 2. The highest BCUT2D eigenvalue weighted by atomic mass is 16.4. The molecular weight excluding hydrogens is 378 g/mol. The summed E-state index contributed by atoms with van der Waals surface area (Å²) >= 11 is 0. The Hall–Kier alpha value is -2.76. The van der Waals surface area contributed by atoms with Gasteiger partial charge in [0.15, 0.2) is 0 Å². The lowest BCUT2D eigenvalue weighted by Crippen LogP contribution is -2.43. The molecule has 0 saturated heterocycles. The third-order valence-electron chi connectivity index (χ3n) is 5.99. The molecule has 30 heavy (non-hydrogen) atoms. The molecule has 1 aromatic heterocycles. The van der Waals surface area contributed by atoms with Gasteiger partial charge in [-0.1, -0.05) is 56.0 Å². The van der Waals surface area contributed by atoms with E-state index in [1.807, 2.05) is 36.5 Å². The van der Waals surface area contributed by atoms with Crippen LogP contribution in [0.5, 0.6) is 0 Å². The van der Waals surface area contributed by atoms with Crippen molar-refractivity contribution in [1.82, 2.24) is 15.2 Å². The number of nitrogens with zero attached hydrogens (tertiary/aromatic N) is 1. The van der Waals surface area contributed by atoms with Gasteiger partial charge in [-0.2, -0.15) is 0 Å². The fourth-order valence-electron chi connectivity index (χ4n) is 4.40. The lowest BCUT2D eigenvalue weighted by Gasteiger charge is -2.37. The first-order chi connectivity index (χ1) is 14.6. The van der Waals surface area contributed by atoms with Crippen LogP contribution in [-0.4, -0.2) is 39.6 Å². The fourth-order valence-corrected chi connectivity index (χ4v) is 4.40. The van der Waals surface area contributed by atoms with Crippen molar-refractivity contribution in [3.8, 4) is 0 Å². The zero-order valence-electron chi connectivity index (χ0n) is 17.6. The lowest BCUT2D eigenvalue weighted by molar-refractivity contribution is -0.137. The van der Waals surface area contributed by atoms with Crippen LogP contribution in [-0.2, 0) is 11.3 Å². The van der Waals surface area contributed by atoms with Crippen LogP contribution < -0.4 is 5.32 Å². The summed E-state index contributed by atoms with van der Waals surface area (Å²) in [6, 6.07) is 14.4. The van der Waals surface area contributed by atoms with E-state index >= 15 is 0 Å². The summed E-state index contributed by atoms with van der Waals surface area (Å²) in [5, 5.41) is 11.1. The maximum atomic E-state index is 13.8. The predicted octanol–water partition coefficient (Wildman–Crippen LogP) is 4.90. The third-order valence-corrected chi connectivity index (χ3v) is 5.99. The number of benzene rings is 1. The van der Waals surface area contributed by atoms with Gasteiger partial charge in [0.05, 0.1) is 5.92 Å². The van der Waals surface area contributed by atoms with E-state index in [0.717, 1.165) is 36.9 Å². The van der Waals surface area contributed by atoms with Gasteiger partial charge in [-0.3, -0.25) is 4.79 Å². The highest BCUT2D eigenvalue weighted by molar-refractivity contribution is 5.83. The van der Waals surface area contributed by atoms with Crippen LogP contribution in [0.2, 0.25) is 0 Å². The van der Waals surface area contributed by atoms with Gasteiger partial charge in [0.2, 0.25) is 5.91 Å². The number of H-pyrrole nitrogens is 1. The molecule has 0 radical (unpaired) electrons. The molecule has 0 aliphatic heterocycles. The van der Waals surface area contributed by atoms with E-state index in [1.165, 1.54) is 19.3 Å². The molecule has 6 heteroatoms. The fraction of sp³-hybridized carbons (Fsp3) is 0.500. The van der Waals surface area contributed by atoms with Crippen LogP contribution in [0, 0.1) is 0 Å². The summed E-state index contributed by atoms with van der Waals surface area (Å²) in [6.45, 7) is 1.06. The van der Waals surface area contributed by atoms with Gasteiger partial charge in [-0.25, -0.2) is 4.79 Å². The predicted molar refractivity (Wildman–Crippen MR) is 117 cm³/mol.